The van der Waals surface area contributed by atoms with E-state index in [4.69, 9.17) is 4.74 Å². The second kappa shape index (κ2) is 6.34. The van der Waals surface area contributed by atoms with Gasteiger partial charge in [-0.25, -0.2) is 17.6 Å². The molecule has 1 aromatic carbocycles. The molecule has 0 aliphatic carbocycles. The number of benzene rings is 1. The summed E-state index contributed by atoms with van der Waals surface area (Å²) in [6.07, 6.45) is 1.58. The van der Waals surface area contributed by atoms with Gasteiger partial charge >= 0.3 is 0 Å². The molecule has 1 aromatic rings. The maximum Gasteiger partial charge on any atom is 0.279 e. The van der Waals surface area contributed by atoms with Crippen molar-refractivity contribution in [2.45, 2.75) is 45.1 Å². The molecular formula is C16H20F4O. The molecule has 0 aromatic heterocycles. The summed E-state index contributed by atoms with van der Waals surface area (Å²) in [6, 6.07) is 2.93. The highest BCUT2D eigenvalue weighted by Crippen LogP contribution is 2.45. The van der Waals surface area contributed by atoms with Crippen LogP contribution in [0.5, 0.6) is 0 Å². The van der Waals surface area contributed by atoms with Gasteiger partial charge in [-0.3, -0.25) is 0 Å². The highest BCUT2D eigenvalue weighted by Gasteiger charge is 2.47. The van der Waals surface area contributed by atoms with Crippen LogP contribution < -0.4 is 0 Å². The van der Waals surface area contributed by atoms with Gasteiger partial charge in [0, 0.05) is 5.92 Å². The van der Waals surface area contributed by atoms with E-state index in [1.54, 1.807) is 6.92 Å². The Balaban J connectivity index is 2.28. The van der Waals surface area contributed by atoms with Crippen LogP contribution in [-0.2, 0) is 10.7 Å². The Hall–Kier alpha value is -1.10. The average Bonchev–Trinajstić information content (AvgIpc) is 2.44. The van der Waals surface area contributed by atoms with E-state index in [-0.39, 0.29) is 25.0 Å². The molecular weight excluding hydrogens is 284 g/mol. The molecule has 1 saturated heterocycles. The Kier molecular flexibility index (Phi) is 4.91. The van der Waals surface area contributed by atoms with Crippen molar-refractivity contribution in [2.75, 3.05) is 6.61 Å². The van der Waals surface area contributed by atoms with Crippen molar-refractivity contribution in [2.24, 2.45) is 11.8 Å². The van der Waals surface area contributed by atoms with Crippen molar-refractivity contribution in [1.82, 2.24) is 0 Å². The van der Waals surface area contributed by atoms with Crippen LogP contribution in [-0.4, -0.2) is 12.7 Å². The molecule has 0 radical (unpaired) electrons. The quantitative estimate of drug-likeness (QED) is 0.719. The number of halogens is 4. The van der Waals surface area contributed by atoms with Crippen LogP contribution in [0.4, 0.5) is 17.6 Å². The van der Waals surface area contributed by atoms with Crippen LogP contribution in [0.1, 0.15) is 38.7 Å². The molecule has 5 heteroatoms. The Morgan fingerprint density at radius 1 is 1.29 bits per heavy atom. The van der Waals surface area contributed by atoms with Gasteiger partial charge in [0.05, 0.1) is 18.3 Å². The lowest BCUT2D eigenvalue weighted by molar-refractivity contribution is -0.124. The molecule has 0 saturated carbocycles. The van der Waals surface area contributed by atoms with E-state index >= 15 is 0 Å². The summed E-state index contributed by atoms with van der Waals surface area (Å²) in [7, 11) is 0. The molecule has 1 aliphatic rings. The number of hydrogen-bond donors (Lipinski definition) is 0. The topological polar surface area (TPSA) is 9.23 Å². The molecule has 0 amide bonds. The van der Waals surface area contributed by atoms with Gasteiger partial charge in [-0.1, -0.05) is 13.0 Å². The zero-order valence-corrected chi connectivity index (χ0v) is 12.2. The van der Waals surface area contributed by atoms with Gasteiger partial charge < -0.3 is 4.74 Å². The average molecular weight is 304 g/mol. The van der Waals surface area contributed by atoms with Crippen molar-refractivity contribution in [3.63, 3.8) is 0 Å². The van der Waals surface area contributed by atoms with Gasteiger partial charge in [0.15, 0.2) is 11.6 Å². The lowest BCUT2D eigenvalue weighted by Gasteiger charge is -2.37. The molecule has 3 atom stereocenters. The van der Waals surface area contributed by atoms with Gasteiger partial charge in [-0.05, 0) is 44.2 Å². The fraction of sp³-hybridized carbons (Fsp3) is 0.625. The molecule has 2 rings (SSSR count). The van der Waals surface area contributed by atoms with E-state index in [1.165, 1.54) is 0 Å². The molecule has 0 N–H and O–H groups in total. The van der Waals surface area contributed by atoms with Crippen molar-refractivity contribution >= 4 is 0 Å². The highest BCUT2D eigenvalue weighted by molar-refractivity contribution is 5.24. The summed E-state index contributed by atoms with van der Waals surface area (Å²) in [5.41, 5.74) is -0.854. The molecule has 118 valence electrons. The minimum Gasteiger partial charge on any atom is -0.378 e. The van der Waals surface area contributed by atoms with Gasteiger partial charge in [0.1, 0.15) is 0 Å². The number of ether oxygens (including phenoxy) is 1. The van der Waals surface area contributed by atoms with Crippen molar-refractivity contribution < 1.29 is 22.3 Å². The standard InChI is InChI=1S/C16H20F4O/c1-3-12(11-8-7-10(2)21-9-11)16(19,20)13-5-4-6-14(17)15(13)18/h4-6,10-12H,3,7-9H2,1-2H3. The van der Waals surface area contributed by atoms with Crippen LogP contribution in [0, 0.1) is 23.5 Å². The van der Waals surface area contributed by atoms with E-state index in [0.29, 0.717) is 12.8 Å². The fourth-order valence-corrected chi connectivity index (χ4v) is 3.07. The maximum absolute atomic E-state index is 14.7. The zero-order valence-electron chi connectivity index (χ0n) is 12.2. The minimum atomic E-state index is -3.41. The van der Waals surface area contributed by atoms with E-state index in [9.17, 15) is 17.6 Å². The van der Waals surface area contributed by atoms with Crippen LogP contribution >= 0.6 is 0 Å². The molecule has 1 heterocycles. The van der Waals surface area contributed by atoms with E-state index in [1.807, 2.05) is 6.92 Å². The third kappa shape index (κ3) is 3.23. The monoisotopic (exact) mass is 304 g/mol. The summed E-state index contributed by atoms with van der Waals surface area (Å²) < 4.78 is 61.8. The first-order valence-corrected chi connectivity index (χ1v) is 7.31. The van der Waals surface area contributed by atoms with Crippen LogP contribution in [0.15, 0.2) is 18.2 Å². The first kappa shape index (κ1) is 16.3. The van der Waals surface area contributed by atoms with E-state index in [0.717, 1.165) is 18.2 Å². The van der Waals surface area contributed by atoms with Crippen LogP contribution in [0.3, 0.4) is 0 Å². The lowest BCUT2D eigenvalue weighted by Crippen LogP contribution is -2.38. The normalized spacial score (nSPS) is 24.9. The predicted molar refractivity (Wildman–Crippen MR) is 72.2 cm³/mol. The molecule has 0 spiro atoms. The third-order valence-corrected chi connectivity index (χ3v) is 4.32. The first-order valence-electron chi connectivity index (χ1n) is 7.31. The molecule has 21 heavy (non-hydrogen) atoms. The van der Waals surface area contributed by atoms with Crippen molar-refractivity contribution in [3.8, 4) is 0 Å². The minimum absolute atomic E-state index is 0.0679. The van der Waals surface area contributed by atoms with Gasteiger partial charge in [-0.15, -0.1) is 0 Å². The second-order valence-corrected chi connectivity index (χ2v) is 5.72. The molecule has 3 unspecified atom stereocenters. The largest absolute Gasteiger partial charge is 0.378 e. The first-order chi connectivity index (χ1) is 9.87. The SMILES string of the molecule is CCC(C1CCC(C)OC1)C(F)(F)c1cccc(F)c1F. The van der Waals surface area contributed by atoms with Gasteiger partial charge in [0.2, 0.25) is 0 Å². The maximum atomic E-state index is 14.7. The Morgan fingerprint density at radius 2 is 2.00 bits per heavy atom. The van der Waals surface area contributed by atoms with Crippen molar-refractivity contribution in [1.29, 1.82) is 0 Å². The summed E-state index contributed by atoms with van der Waals surface area (Å²) in [5, 5.41) is 0. The van der Waals surface area contributed by atoms with E-state index in [2.05, 4.69) is 0 Å². The number of alkyl halides is 2. The summed E-state index contributed by atoms with van der Waals surface area (Å²) in [6.45, 7) is 3.79. The number of hydrogen-bond acceptors (Lipinski definition) is 1. The van der Waals surface area contributed by atoms with Gasteiger partial charge in [-0.2, -0.15) is 0 Å². The predicted octanol–water partition coefficient (Wildman–Crippen LogP) is 4.90. The third-order valence-electron chi connectivity index (χ3n) is 4.32. The molecule has 1 nitrogen and oxygen atoms in total. The fourth-order valence-electron chi connectivity index (χ4n) is 3.07. The van der Waals surface area contributed by atoms with Crippen LogP contribution in [0.2, 0.25) is 0 Å². The summed E-state index contributed by atoms with van der Waals surface area (Å²) in [5.74, 6) is -7.50. The Morgan fingerprint density at radius 3 is 2.57 bits per heavy atom. The molecule has 0 bridgehead atoms. The second-order valence-electron chi connectivity index (χ2n) is 5.72. The van der Waals surface area contributed by atoms with Crippen molar-refractivity contribution in [3.05, 3.63) is 35.4 Å². The molecule has 1 aliphatic heterocycles. The van der Waals surface area contributed by atoms with Crippen LogP contribution in [0.25, 0.3) is 0 Å². The van der Waals surface area contributed by atoms with Gasteiger partial charge in [0.25, 0.3) is 5.92 Å². The lowest BCUT2D eigenvalue weighted by atomic mass is 9.78. The Bertz CT molecular complexity index is 481. The summed E-state index contributed by atoms with van der Waals surface area (Å²) in [4.78, 5) is 0. The zero-order chi connectivity index (χ0) is 15.6. The highest BCUT2D eigenvalue weighted by atomic mass is 19.3. The Labute approximate surface area is 122 Å². The smallest absolute Gasteiger partial charge is 0.279 e. The van der Waals surface area contributed by atoms with E-state index < -0.39 is 29.0 Å². The molecule has 1 fully saturated rings. The summed E-state index contributed by atoms with van der Waals surface area (Å²) >= 11 is 0. The number of rotatable bonds is 4.